The van der Waals surface area contributed by atoms with Crippen molar-refractivity contribution in [2.75, 3.05) is 5.75 Å². The summed E-state index contributed by atoms with van der Waals surface area (Å²) in [4.78, 5) is 0. The van der Waals surface area contributed by atoms with Crippen LogP contribution >= 0.6 is 11.8 Å². The second-order valence-corrected chi connectivity index (χ2v) is 8.00. The van der Waals surface area contributed by atoms with E-state index in [1.54, 1.807) is 0 Å². The Morgan fingerprint density at radius 1 is 1.26 bits per heavy atom. The fourth-order valence-corrected chi connectivity index (χ4v) is 2.93. The van der Waals surface area contributed by atoms with Gasteiger partial charge in [-0.25, -0.2) is 0 Å². The third-order valence-electron chi connectivity index (χ3n) is 3.21. The minimum Gasteiger partial charge on any atom is -0.292 e. The Hall–Kier alpha value is -0.980. The highest BCUT2D eigenvalue weighted by molar-refractivity contribution is 8.00. The van der Waals surface area contributed by atoms with E-state index < -0.39 is 5.54 Å². The van der Waals surface area contributed by atoms with Gasteiger partial charge >= 0.3 is 0 Å². The highest BCUT2D eigenvalue weighted by atomic mass is 32.2. The Bertz CT molecular complexity index is 454. The summed E-state index contributed by atoms with van der Waals surface area (Å²) in [5, 5.41) is 13.3. The molecule has 0 saturated heterocycles. The molecule has 1 aromatic carbocycles. The molecule has 2 nitrogen and oxygen atoms in total. The molecule has 0 bridgehead atoms. The van der Waals surface area contributed by atoms with Gasteiger partial charge in [0.25, 0.3) is 0 Å². The lowest BCUT2D eigenvalue weighted by atomic mass is 9.93. The molecule has 1 fully saturated rings. The molecule has 19 heavy (non-hydrogen) atoms. The van der Waals surface area contributed by atoms with E-state index in [1.807, 2.05) is 30.0 Å². The molecule has 1 unspecified atom stereocenters. The van der Waals surface area contributed by atoms with Gasteiger partial charge in [-0.15, -0.1) is 0 Å². The molecule has 1 aromatic rings. The number of nitriles is 1. The minimum absolute atomic E-state index is 0.169. The first-order valence-electron chi connectivity index (χ1n) is 6.84. The van der Waals surface area contributed by atoms with Crippen molar-refractivity contribution in [3.05, 3.63) is 35.9 Å². The SMILES string of the molecule is CC(C)(C)SCC(C#N)(NC1CC1)c1ccccc1. The van der Waals surface area contributed by atoms with Crippen LogP contribution in [-0.4, -0.2) is 16.5 Å². The van der Waals surface area contributed by atoms with Gasteiger partial charge in [0.15, 0.2) is 0 Å². The smallest absolute Gasteiger partial charge is 0.141 e. The van der Waals surface area contributed by atoms with Crippen molar-refractivity contribution in [1.29, 1.82) is 5.26 Å². The van der Waals surface area contributed by atoms with E-state index in [4.69, 9.17) is 0 Å². The highest BCUT2D eigenvalue weighted by Crippen LogP contribution is 2.35. The Morgan fingerprint density at radius 2 is 1.89 bits per heavy atom. The summed E-state index contributed by atoms with van der Waals surface area (Å²) in [6.07, 6.45) is 2.38. The van der Waals surface area contributed by atoms with Crippen molar-refractivity contribution < 1.29 is 0 Å². The van der Waals surface area contributed by atoms with Crippen molar-refractivity contribution >= 4 is 11.8 Å². The zero-order valence-corrected chi connectivity index (χ0v) is 12.8. The van der Waals surface area contributed by atoms with Crippen LogP contribution in [0.25, 0.3) is 0 Å². The van der Waals surface area contributed by atoms with Gasteiger partial charge in [-0.2, -0.15) is 17.0 Å². The standard InChI is InChI=1S/C16H22N2S/c1-15(2,3)19-12-16(11-17,18-14-9-10-14)13-7-5-4-6-8-13/h4-8,14,18H,9-10,12H2,1-3H3. The molecule has 0 aliphatic heterocycles. The first kappa shape index (κ1) is 14.4. The van der Waals surface area contributed by atoms with Crippen LogP contribution in [-0.2, 0) is 5.54 Å². The third kappa shape index (κ3) is 3.99. The molecule has 0 aromatic heterocycles. The van der Waals surface area contributed by atoms with Gasteiger partial charge in [-0.3, -0.25) is 5.32 Å². The van der Waals surface area contributed by atoms with E-state index in [0.717, 1.165) is 11.3 Å². The highest BCUT2D eigenvalue weighted by Gasteiger charge is 2.38. The molecule has 1 N–H and O–H groups in total. The third-order valence-corrected chi connectivity index (χ3v) is 4.65. The molecule has 0 heterocycles. The zero-order valence-electron chi connectivity index (χ0n) is 11.9. The lowest BCUT2D eigenvalue weighted by Gasteiger charge is -2.31. The second-order valence-electron chi connectivity index (χ2n) is 6.20. The number of hydrogen-bond acceptors (Lipinski definition) is 3. The van der Waals surface area contributed by atoms with E-state index in [0.29, 0.717) is 6.04 Å². The minimum atomic E-state index is -0.555. The average Bonchev–Trinajstić information content (AvgIpc) is 3.18. The van der Waals surface area contributed by atoms with Crippen LogP contribution in [0.2, 0.25) is 0 Å². The molecule has 2 rings (SSSR count). The maximum absolute atomic E-state index is 9.78. The second kappa shape index (κ2) is 5.56. The first-order chi connectivity index (χ1) is 8.95. The fraction of sp³-hybridized carbons (Fsp3) is 0.562. The summed E-state index contributed by atoms with van der Waals surface area (Å²) >= 11 is 1.84. The van der Waals surface area contributed by atoms with E-state index >= 15 is 0 Å². The maximum Gasteiger partial charge on any atom is 0.141 e. The summed E-state index contributed by atoms with van der Waals surface area (Å²) in [6.45, 7) is 6.59. The fourth-order valence-electron chi connectivity index (χ4n) is 1.96. The largest absolute Gasteiger partial charge is 0.292 e. The molecular formula is C16H22N2S. The normalized spacial score (nSPS) is 18.6. The molecule has 1 saturated carbocycles. The van der Waals surface area contributed by atoms with Crippen LogP contribution in [0, 0.1) is 11.3 Å². The van der Waals surface area contributed by atoms with Crippen molar-refractivity contribution in [3.63, 3.8) is 0 Å². The van der Waals surface area contributed by atoms with Crippen molar-refractivity contribution in [3.8, 4) is 6.07 Å². The van der Waals surface area contributed by atoms with Crippen LogP contribution in [0.4, 0.5) is 0 Å². The Kier molecular flexibility index (Phi) is 4.23. The van der Waals surface area contributed by atoms with Crippen LogP contribution in [0.1, 0.15) is 39.2 Å². The summed E-state index contributed by atoms with van der Waals surface area (Å²) < 4.78 is 0.169. The molecule has 1 atom stereocenters. The Labute approximate surface area is 120 Å². The monoisotopic (exact) mass is 274 g/mol. The van der Waals surface area contributed by atoms with Gasteiger partial charge in [-0.1, -0.05) is 51.1 Å². The lowest BCUT2D eigenvalue weighted by molar-refractivity contribution is 0.469. The first-order valence-corrected chi connectivity index (χ1v) is 7.82. The lowest BCUT2D eigenvalue weighted by Crippen LogP contribution is -2.45. The van der Waals surface area contributed by atoms with Crippen LogP contribution < -0.4 is 5.32 Å². The van der Waals surface area contributed by atoms with Crippen LogP contribution in [0.15, 0.2) is 30.3 Å². The number of nitrogens with one attached hydrogen (secondary N) is 1. The van der Waals surface area contributed by atoms with Crippen LogP contribution in [0.3, 0.4) is 0 Å². The van der Waals surface area contributed by atoms with E-state index in [-0.39, 0.29) is 4.75 Å². The topological polar surface area (TPSA) is 35.8 Å². The molecule has 0 spiro atoms. The molecule has 102 valence electrons. The summed E-state index contributed by atoms with van der Waals surface area (Å²) in [7, 11) is 0. The predicted molar refractivity (Wildman–Crippen MR) is 82.1 cm³/mol. The van der Waals surface area contributed by atoms with Crippen molar-refractivity contribution in [2.24, 2.45) is 0 Å². The molecule has 1 aliphatic carbocycles. The zero-order chi connectivity index (χ0) is 13.9. The molecule has 0 amide bonds. The quantitative estimate of drug-likeness (QED) is 0.889. The van der Waals surface area contributed by atoms with E-state index in [1.165, 1.54) is 12.8 Å². The number of thioether (sulfide) groups is 1. The summed E-state index contributed by atoms with van der Waals surface area (Å²) in [6, 6.07) is 13.2. The maximum atomic E-state index is 9.78. The van der Waals surface area contributed by atoms with Crippen molar-refractivity contribution in [2.45, 2.75) is 49.9 Å². The number of nitrogens with zero attached hydrogens (tertiary/aromatic N) is 1. The van der Waals surface area contributed by atoms with Gasteiger partial charge in [0.1, 0.15) is 5.54 Å². The number of rotatable bonds is 5. The molecule has 0 radical (unpaired) electrons. The molecule has 1 aliphatic rings. The predicted octanol–water partition coefficient (Wildman–Crippen LogP) is 3.69. The Morgan fingerprint density at radius 3 is 2.37 bits per heavy atom. The van der Waals surface area contributed by atoms with Gasteiger partial charge in [0.05, 0.1) is 6.07 Å². The van der Waals surface area contributed by atoms with Gasteiger partial charge in [-0.05, 0) is 18.4 Å². The number of benzene rings is 1. The van der Waals surface area contributed by atoms with Crippen molar-refractivity contribution in [1.82, 2.24) is 5.32 Å². The Balaban J connectivity index is 2.23. The van der Waals surface area contributed by atoms with Crippen LogP contribution in [0.5, 0.6) is 0 Å². The van der Waals surface area contributed by atoms with Gasteiger partial charge < -0.3 is 0 Å². The summed E-state index contributed by atoms with van der Waals surface area (Å²) in [5.74, 6) is 0.785. The van der Waals surface area contributed by atoms with E-state index in [2.05, 4.69) is 44.3 Å². The summed E-state index contributed by atoms with van der Waals surface area (Å²) in [5.41, 5.74) is 0.529. The number of hydrogen-bond donors (Lipinski definition) is 1. The molecular weight excluding hydrogens is 252 g/mol. The molecule has 3 heteroatoms. The average molecular weight is 274 g/mol. The van der Waals surface area contributed by atoms with Gasteiger partial charge in [0, 0.05) is 16.5 Å². The van der Waals surface area contributed by atoms with Gasteiger partial charge in [0.2, 0.25) is 0 Å². The van der Waals surface area contributed by atoms with E-state index in [9.17, 15) is 5.26 Å².